The quantitative estimate of drug-likeness (QED) is 0.664. The van der Waals surface area contributed by atoms with Gasteiger partial charge in [0.05, 0.1) is 6.10 Å². The Balaban J connectivity index is 2.39. The highest BCUT2D eigenvalue weighted by Crippen LogP contribution is 2.49. The lowest BCUT2D eigenvalue weighted by Gasteiger charge is -2.57. The first-order valence-electron chi connectivity index (χ1n) is 8.05. The van der Waals surface area contributed by atoms with Crippen molar-refractivity contribution < 1.29 is 9.53 Å². The van der Waals surface area contributed by atoms with Crippen LogP contribution in [-0.4, -0.2) is 55.2 Å². The molecule has 0 saturated heterocycles. The van der Waals surface area contributed by atoms with Crippen LogP contribution in [0.15, 0.2) is 0 Å². The van der Waals surface area contributed by atoms with Crippen molar-refractivity contribution >= 4 is 5.91 Å². The standard InChI is InChI=1S/C16H33N3O2/c1-7-21-13-11-16(17,15(13,4)5)14(20)18-9-8-10-19(6)12(2)3/h12-13H,7-11,17H2,1-6H3,(H,18,20). The first-order valence-corrected chi connectivity index (χ1v) is 8.05. The lowest BCUT2D eigenvalue weighted by molar-refractivity contribution is -0.170. The molecule has 1 saturated carbocycles. The Hall–Kier alpha value is -0.650. The van der Waals surface area contributed by atoms with Crippen molar-refractivity contribution in [2.24, 2.45) is 11.1 Å². The molecule has 0 bridgehead atoms. The van der Waals surface area contributed by atoms with Crippen LogP contribution < -0.4 is 11.1 Å². The zero-order valence-electron chi connectivity index (χ0n) is 14.5. The Bertz CT molecular complexity index is 357. The van der Waals surface area contributed by atoms with E-state index in [0.29, 0.717) is 25.6 Å². The van der Waals surface area contributed by atoms with Gasteiger partial charge in [0.25, 0.3) is 0 Å². The number of hydrogen-bond acceptors (Lipinski definition) is 4. The summed E-state index contributed by atoms with van der Waals surface area (Å²) in [6.07, 6.45) is 1.61. The van der Waals surface area contributed by atoms with Crippen LogP contribution >= 0.6 is 0 Å². The molecule has 0 spiro atoms. The minimum absolute atomic E-state index is 0.0457. The molecule has 0 radical (unpaired) electrons. The Labute approximate surface area is 129 Å². The Morgan fingerprint density at radius 1 is 1.48 bits per heavy atom. The van der Waals surface area contributed by atoms with Crippen LogP contribution in [0.2, 0.25) is 0 Å². The van der Waals surface area contributed by atoms with Crippen molar-refractivity contribution in [2.75, 3.05) is 26.7 Å². The summed E-state index contributed by atoms with van der Waals surface area (Å²) in [6.45, 7) is 12.6. The van der Waals surface area contributed by atoms with Gasteiger partial charge in [0.2, 0.25) is 5.91 Å². The zero-order valence-corrected chi connectivity index (χ0v) is 14.5. The molecule has 5 nitrogen and oxygen atoms in total. The van der Waals surface area contributed by atoms with Crippen LogP contribution in [0.1, 0.15) is 47.5 Å². The van der Waals surface area contributed by atoms with Crippen molar-refractivity contribution in [3.05, 3.63) is 0 Å². The molecule has 21 heavy (non-hydrogen) atoms. The van der Waals surface area contributed by atoms with Crippen molar-refractivity contribution in [3.63, 3.8) is 0 Å². The number of hydrogen-bond donors (Lipinski definition) is 2. The van der Waals surface area contributed by atoms with Crippen LogP contribution in [0.3, 0.4) is 0 Å². The number of nitrogens with zero attached hydrogens (tertiary/aromatic N) is 1. The minimum atomic E-state index is -0.809. The Morgan fingerprint density at radius 2 is 2.10 bits per heavy atom. The van der Waals surface area contributed by atoms with E-state index in [1.54, 1.807) is 0 Å². The van der Waals surface area contributed by atoms with Gasteiger partial charge in [0.15, 0.2) is 0 Å². The first-order chi connectivity index (χ1) is 9.66. The van der Waals surface area contributed by atoms with Gasteiger partial charge in [0, 0.05) is 31.0 Å². The van der Waals surface area contributed by atoms with Crippen molar-refractivity contribution in [3.8, 4) is 0 Å². The predicted octanol–water partition coefficient (Wildman–Crippen LogP) is 1.37. The molecular formula is C16H33N3O2. The summed E-state index contributed by atoms with van der Waals surface area (Å²) < 4.78 is 5.66. The van der Waals surface area contributed by atoms with Gasteiger partial charge in [-0.15, -0.1) is 0 Å². The van der Waals surface area contributed by atoms with Gasteiger partial charge in [0.1, 0.15) is 5.54 Å². The fraction of sp³-hybridized carbons (Fsp3) is 0.938. The fourth-order valence-electron chi connectivity index (χ4n) is 2.77. The topological polar surface area (TPSA) is 67.6 Å². The molecule has 1 aliphatic carbocycles. The lowest BCUT2D eigenvalue weighted by Crippen LogP contribution is -2.75. The molecule has 1 aliphatic rings. The van der Waals surface area contributed by atoms with E-state index in [4.69, 9.17) is 10.5 Å². The molecule has 0 aromatic carbocycles. The van der Waals surface area contributed by atoms with Gasteiger partial charge >= 0.3 is 0 Å². The minimum Gasteiger partial charge on any atom is -0.378 e. The van der Waals surface area contributed by atoms with Crippen molar-refractivity contribution in [2.45, 2.75) is 65.1 Å². The molecule has 124 valence electrons. The van der Waals surface area contributed by atoms with Gasteiger partial charge in [-0.2, -0.15) is 0 Å². The van der Waals surface area contributed by atoms with E-state index >= 15 is 0 Å². The number of amides is 1. The van der Waals surface area contributed by atoms with Crippen LogP contribution in [0.5, 0.6) is 0 Å². The first kappa shape index (κ1) is 18.4. The van der Waals surface area contributed by atoms with Gasteiger partial charge in [-0.3, -0.25) is 4.79 Å². The fourth-order valence-corrected chi connectivity index (χ4v) is 2.77. The Kier molecular flexibility index (Phi) is 6.20. The molecular weight excluding hydrogens is 266 g/mol. The van der Waals surface area contributed by atoms with E-state index < -0.39 is 5.54 Å². The summed E-state index contributed by atoms with van der Waals surface area (Å²) in [5.41, 5.74) is 5.21. The smallest absolute Gasteiger partial charge is 0.240 e. The number of nitrogens with one attached hydrogen (secondary N) is 1. The number of rotatable bonds is 8. The number of carbonyl (C=O) groups excluding carboxylic acids is 1. The second-order valence-corrected chi connectivity index (χ2v) is 7.02. The van der Waals surface area contributed by atoms with E-state index in [0.717, 1.165) is 13.0 Å². The maximum absolute atomic E-state index is 12.4. The number of ether oxygens (including phenoxy) is 1. The predicted molar refractivity (Wildman–Crippen MR) is 86.1 cm³/mol. The number of nitrogens with two attached hydrogens (primary N) is 1. The highest BCUT2D eigenvalue weighted by molar-refractivity contribution is 5.88. The molecule has 3 N–H and O–H groups in total. The molecule has 5 heteroatoms. The van der Waals surface area contributed by atoms with E-state index in [9.17, 15) is 4.79 Å². The number of carbonyl (C=O) groups is 1. The van der Waals surface area contributed by atoms with Gasteiger partial charge < -0.3 is 20.7 Å². The highest BCUT2D eigenvalue weighted by atomic mass is 16.5. The van der Waals surface area contributed by atoms with Crippen LogP contribution in [0.4, 0.5) is 0 Å². The third kappa shape index (κ3) is 3.76. The Morgan fingerprint density at radius 3 is 2.57 bits per heavy atom. The molecule has 2 atom stereocenters. The second kappa shape index (κ2) is 7.07. The summed E-state index contributed by atoms with van der Waals surface area (Å²) in [5, 5.41) is 2.99. The molecule has 0 aliphatic heterocycles. The van der Waals surface area contributed by atoms with Gasteiger partial charge in [-0.1, -0.05) is 13.8 Å². The summed E-state index contributed by atoms with van der Waals surface area (Å²) in [4.78, 5) is 14.7. The lowest BCUT2D eigenvalue weighted by atomic mass is 9.54. The average Bonchev–Trinajstić information content (AvgIpc) is 2.42. The molecule has 0 aromatic rings. The maximum Gasteiger partial charge on any atom is 0.240 e. The zero-order chi connectivity index (χ0) is 16.3. The summed E-state index contributed by atoms with van der Waals surface area (Å²) in [5.74, 6) is -0.0457. The van der Waals surface area contributed by atoms with Crippen molar-refractivity contribution in [1.82, 2.24) is 10.2 Å². The molecule has 0 aromatic heterocycles. The molecule has 2 unspecified atom stereocenters. The van der Waals surface area contributed by atoms with E-state index in [-0.39, 0.29) is 17.4 Å². The van der Waals surface area contributed by atoms with Crippen molar-refractivity contribution in [1.29, 1.82) is 0 Å². The summed E-state index contributed by atoms with van der Waals surface area (Å²) in [6, 6.07) is 0.527. The van der Waals surface area contributed by atoms with Crippen LogP contribution in [0.25, 0.3) is 0 Å². The molecule has 1 fully saturated rings. The SMILES string of the molecule is CCOC1CC(N)(C(=O)NCCCN(C)C(C)C)C1(C)C. The van der Waals surface area contributed by atoms with E-state index in [1.165, 1.54) is 0 Å². The van der Waals surface area contributed by atoms with Crippen LogP contribution in [0, 0.1) is 5.41 Å². The third-order valence-corrected chi connectivity index (χ3v) is 5.09. The average molecular weight is 299 g/mol. The van der Waals surface area contributed by atoms with Gasteiger partial charge in [-0.05, 0) is 40.8 Å². The molecule has 1 amide bonds. The largest absolute Gasteiger partial charge is 0.378 e. The molecule has 0 heterocycles. The monoisotopic (exact) mass is 299 g/mol. The second-order valence-electron chi connectivity index (χ2n) is 7.02. The normalized spacial score (nSPS) is 27.8. The van der Waals surface area contributed by atoms with E-state index in [1.807, 2.05) is 20.8 Å². The maximum atomic E-state index is 12.4. The highest BCUT2D eigenvalue weighted by Gasteiger charge is 2.62. The molecule has 1 rings (SSSR count). The third-order valence-electron chi connectivity index (χ3n) is 5.09. The van der Waals surface area contributed by atoms with Crippen LogP contribution in [-0.2, 0) is 9.53 Å². The summed E-state index contributed by atoms with van der Waals surface area (Å²) >= 11 is 0. The van der Waals surface area contributed by atoms with E-state index in [2.05, 4.69) is 31.1 Å². The summed E-state index contributed by atoms with van der Waals surface area (Å²) in [7, 11) is 2.10. The van der Waals surface area contributed by atoms with Gasteiger partial charge in [-0.25, -0.2) is 0 Å².